The Morgan fingerprint density at radius 1 is 1.06 bits per heavy atom. The molecule has 33 heavy (non-hydrogen) atoms. The lowest BCUT2D eigenvalue weighted by Gasteiger charge is -2.20. The molecule has 5 rings (SSSR count). The van der Waals surface area contributed by atoms with Crippen LogP contribution in [0.1, 0.15) is 27.2 Å². The maximum absolute atomic E-state index is 13.3. The molecule has 1 aromatic heterocycles. The van der Waals surface area contributed by atoms with Crippen molar-refractivity contribution in [3.63, 3.8) is 0 Å². The molecule has 3 N–H and O–H groups in total. The Morgan fingerprint density at radius 3 is 2.58 bits per heavy atom. The molecule has 1 aliphatic rings. The number of amides is 1. The van der Waals surface area contributed by atoms with Gasteiger partial charge in [0.1, 0.15) is 5.82 Å². The molecule has 0 bridgehead atoms. The van der Waals surface area contributed by atoms with Gasteiger partial charge in [-0.05, 0) is 60.5 Å². The fourth-order valence-corrected chi connectivity index (χ4v) is 4.21. The lowest BCUT2D eigenvalue weighted by molar-refractivity contribution is 0.102. The highest BCUT2D eigenvalue weighted by Gasteiger charge is 2.22. The number of halogens is 1. The molecule has 6 nitrogen and oxygen atoms in total. The van der Waals surface area contributed by atoms with Crippen molar-refractivity contribution in [1.82, 2.24) is 4.98 Å². The summed E-state index contributed by atoms with van der Waals surface area (Å²) in [6, 6.07) is 16.7. The Morgan fingerprint density at radius 2 is 1.82 bits per heavy atom. The van der Waals surface area contributed by atoms with E-state index in [-0.39, 0.29) is 23.2 Å². The maximum atomic E-state index is 13.3. The van der Waals surface area contributed by atoms with Gasteiger partial charge >= 0.3 is 0 Å². The Kier molecular flexibility index (Phi) is 5.09. The number of aryl methyl sites for hydroxylation is 1. The van der Waals surface area contributed by atoms with Gasteiger partial charge in [-0.15, -0.1) is 0 Å². The normalized spacial score (nSPS) is 12.7. The zero-order valence-corrected chi connectivity index (χ0v) is 18.0. The van der Waals surface area contributed by atoms with Gasteiger partial charge in [0.15, 0.2) is 11.5 Å². The van der Waals surface area contributed by atoms with Crippen molar-refractivity contribution in [2.75, 3.05) is 16.8 Å². The number of hydrogen-bond acceptors (Lipinski definition) is 5. The highest BCUT2D eigenvalue weighted by molar-refractivity contribution is 6.05. The first-order valence-corrected chi connectivity index (χ1v) is 10.6. The molecule has 2 heterocycles. The predicted molar refractivity (Wildman–Crippen MR) is 125 cm³/mol. The lowest BCUT2D eigenvalue weighted by Crippen LogP contribution is -2.19. The molecule has 0 spiro atoms. The monoisotopic (exact) mass is 443 g/mol. The number of phenols is 2. The molecule has 0 radical (unpaired) electrons. The van der Waals surface area contributed by atoms with Crippen LogP contribution in [0.3, 0.4) is 0 Å². The number of nitrogens with zero attached hydrogens (tertiary/aromatic N) is 2. The third-order valence-corrected chi connectivity index (χ3v) is 5.94. The molecule has 166 valence electrons. The first-order chi connectivity index (χ1) is 15.9. The average molecular weight is 443 g/mol. The summed E-state index contributed by atoms with van der Waals surface area (Å²) < 4.78 is 13.3. The van der Waals surface area contributed by atoms with Crippen LogP contribution in [0.5, 0.6) is 11.5 Å². The van der Waals surface area contributed by atoms with Crippen LogP contribution >= 0.6 is 0 Å². The molecule has 0 atom stereocenters. The summed E-state index contributed by atoms with van der Waals surface area (Å²) in [6.45, 7) is 3.20. The van der Waals surface area contributed by atoms with Gasteiger partial charge in [-0.3, -0.25) is 9.78 Å². The number of anilines is 2. The molecular formula is C26H22FN3O3. The van der Waals surface area contributed by atoms with Gasteiger partial charge in [0, 0.05) is 42.2 Å². The minimum atomic E-state index is -0.366. The molecule has 1 aliphatic heterocycles. The van der Waals surface area contributed by atoms with Gasteiger partial charge in [-0.1, -0.05) is 12.1 Å². The van der Waals surface area contributed by atoms with Crippen molar-refractivity contribution in [2.45, 2.75) is 19.9 Å². The van der Waals surface area contributed by atoms with Gasteiger partial charge in [0.2, 0.25) is 0 Å². The molecule has 0 saturated heterocycles. The second kappa shape index (κ2) is 8.09. The van der Waals surface area contributed by atoms with E-state index in [1.54, 1.807) is 6.92 Å². The van der Waals surface area contributed by atoms with E-state index in [1.165, 1.54) is 30.3 Å². The standard InChI is InChI=1S/C26H22FN3O3/c1-15-10-18(27)4-7-20(15)26(33)28-19-5-2-16(3-6-19)14-30-9-8-21-23(30)11-17-12-24(31)25(32)13-22(17)29-21/h2-7,10-13,31-32H,8-9,14H2,1H3,(H,28,33). The summed E-state index contributed by atoms with van der Waals surface area (Å²) in [5, 5.41) is 23.2. The smallest absolute Gasteiger partial charge is 0.255 e. The Balaban J connectivity index is 1.31. The molecule has 1 amide bonds. The highest BCUT2D eigenvalue weighted by atomic mass is 19.1. The average Bonchev–Trinajstić information content (AvgIpc) is 3.15. The number of phenolic OH excluding ortho intramolecular Hbond substituents is 2. The van der Waals surface area contributed by atoms with Gasteiger partial charge in [0.05, 0.1) is 16.9 Å². The van der Waals surface area contributed by atoms with E-state index in [4.69, 9.17) is 0 Å². The Labute approximate surface area is 189 Å². The highest BCUT2D eigenvalue weighted by Crippen LogP contribution is 2.35. The number of benzene rings is 3. The van der Waals surface area contributed by atoms with Crippen molar-refractivity contribution < 1.29 is 19.4 Å². The molecular weight excluding hydrogens is 421 g/mol. The van der Waals surface area contributed by atoms with E-state index in [9.17, 15) is 19.4 Å². The van der Waals surface area contributed by atoms with Crippen LogP contribution in [-0.2, 0) is 13.0 Å². The van der Waals surface area contributed by atoms with E-state index >= 15 is 0 Å². The van der Waals surface area contributed by atoms with Gasteiger partial charge in [-0.2, -0.15) is 0 Å². The summed E-state index contributed by atoms with van der Waals surface area (Å²) in [5.41, 5.74) is 5.39. The summed E-state index contributed by atoms with van der Waals surface area (Å²) in [6.07, 6.45) is 0.804. The fourth-order valence-electron chi connectivity index (χ4n) is 4.21. The van der Waals surface area contributed by atoms with Crippen molar-refractivity contribution in [3.05, 3.63) is 88.9 Å². The van der Waals surface area contributed by atoms with Gasteiger partial charge in [-0.25, -0.2) is 4.39 Å². The number of hydrogen-bond donors (Lipinski definition) is 3. The number of nitrogens with one attached hydrogen (secondary N) is 1. The van der Waals surface area contributed by atoms with Gasteiger partial charge < -0.3 is 20.4 Å². The lowest BCUT2D eigenvalue weighted by atomic mass is 10.1. The van der Waals surface area contributed by atoms with Crippen molar-refractivity contribution in [3.8, 4) is 11.5 Å². The first-order valence-electron chi connectivity index (χ1n) is 10.6. The van der Waals surface area contributed by atoms with Crippen LogP contribution in [0, 0.1) is 12.7 Å². The number of carbonyl (C=O) groups excluding carboxylic acids is 1. The van der Waals surface area contributed by atoms with E-state index in [0.717, 1.165) is 35.3 Å². The van der Waals surface area contributed by atoms with Crippen LogP contribution in [-0.4, -0.2) is 27.6 Å². The summed E-state index contributed by atoms with van der Waals surface area (Å²) in [5.74, 6) is -0.982. The largest absolute Gasteiger partial charge is 0.504 e. The summed E-state index contributed by atoms with van der Waals surface area (Å²) >= 11 is 0. The summed E-state index contributed by atoms with van der Waals surface area (Å²) in [4.78, 5) is 19.4. The summed E-state index contributed by atoms with van der Waals surface area (Å²) in [7, 11) is 0. The molecule has 0 aliphatic carbocycles. The maximum Gasteiger partial charge on any atom is 0.255 e. The number of aromatic nitrogens is 1. The predicted octanol–water partition coefficient (Wildman–Crippen LogP) is 4.91. The van der Waals surface area contributed by atoms with E-state index in [1.807, 2.05) is 30.3 Å². The van der Waals surface area contributed by atoms with E-state index in [0.29, 0.717) is 28.9 Å². The number of rotatable bonds is 4. The van der Waals surface area contributed by atoms with Crippen molar-refractivity contribution in [2.24, 2.45) is 0 Å². The van der Waals surface area contributed by atoms with Crippen LogP contribution in [0.25, 0.3) is 10.9 Å². The zero-order chi connectivity index (χ0) is 23.1. The molecule has 0 saturated carbocycles. The Hall–Kier alpha value is -4.13. The minimum Gasteiger partial charge on any atom is -0.504 e. The van der Waals surface area contributed by atoms with Crippen molar-refractivity contribution >= 4 is 28.2 Å². The number of pyridine rings is 1. The SMILES string of the molecule is Cc1cc(F)ccc1C(=O)Nc1ccc(CN2CCc3nc4cc(O)c(O)cc4cc32)cc1. The van der Waals surface area contributed by atoms with Crippen molar-refractivity contribution in [1.29, 1.82) is 0 Å². The van der Waals surface area contributed by atoms with E-state index < -0.39 is 0 Å². The number of fused-ring (bicyclic) bond motifs is 2. The fraction of sp³-hybridized carbons (Fsp3) is 0.154. The molecule has 7 heteroatoms. The number of carbonyl (C=O) groups is 1. The molecule has 4 aromatic rings. The number of aromatic hydroxyl groups is 2. The molecule has 0 fully saturated rings. The van der Waals surface area contributed by atoms with Crippen LogP contribution in [0.4, 0.5) is 15.8 Å². The van der Waals surface area contributed by atoms with Crippen LogP contribution < -0.4 is 10.2 Å². The van der Waals surface area contributed by atoms with Crippen LogP contribution in [0.15, 0.2) is 60.7 Å². The second-order valence-corrected chi connectivity index (χ2v) is 8.27. The molecule has 0 unspecified atom stereocenters. The minimum absolute atomic E-state index is 0.165. The first kappa shape index (κ1) is 20.8. The second-order valence-electron chi connectivity index (χ2n) is 8.27. The van der Waals surface area contributed by atoms with Gasteiger partial charge in [0.25, 0.3) is 5.91 Å². The Bertz CT molecular complexity index is 1390. The van der Waals surface area contributed by atoms with E-state index in [2.05, 4.69) is 15.2 Å². The third kappa shape index (κ3) is 4.05. The zero-order valence-electron chi connectivity index (χ0n) is 18.0. The molecule has 3 aromatic carbocycles. The third-order valence-electron chi connectivity index (χ3n) is 5.94. The topological polar surface area (TPSA) is 85.7 Å². The quantitative estimate of drug-likeness (QED) is 0.390. The van der Waals surface area contributed by atoms with Crippen LogP contribution in [0.2, 0.25) is 0 Å².